The molecule has 33 heavy (non-hydrogen) atoms. The van der Waals surface area contributed by atoms with Crippen molar-refractivity contribution in [3.05, 3.63) is 72.5 Å². The molecule has 168 valence electrons. The normalized spacial score (nSPS) is 11.8. The maximum atomic E-state index is 13.3. The largest absolute Gasteiger partial charge is 0.493 e. The van der Waals surface area contributed by atoms with E-state index in [1.165, 1.54) is 23.9 Å². The molecule has 0 saturated heterocycles. The van der Waals surface area contributed by atoms with Gasteiger partial charge in [0.1, 0.15) is 16.5 Å². The lowest BCUT2D eigenvalue weighted by Crippen LogP contribution is -2.22. The molecule has 1 N–H and O–H groups in total. The molecule has 1 aromatic heterocycles. The average molecular weight is 464 g/mol. The number of fused-ring (bicyclic) bond motifs is 1. The molecule has 0 aliphatic heterocycles. The number of carbonyl (C=O) groups is 1. The second-order valence-corrected chi connectivity index (χ2v) is 8.55. The van der Waals surface area contributed by atoms with Gasteiger partial charge in [-0.3, -0.25) is 4.79 Å². The van der Waals surface area contributed by atoms with Crippen LogP contribution >= 0.6 is 11.8 Å². The fraction of sp³-hybridized carbons (Fsp3) is 0.160. The first-order valence-corrected chi connectivity index (χ1v) is 11.1. The monoisotopic (exact) mass is 463 g/mol. The first-order valence-electron chi connectivity index (χ1n) is 10.2. The molecule has 1 heterocycles. The van der Waals surface area contributed by atoms with Crippen LogP contribution in [0, 0.1) is 5.82 Å². The highest BCUT2D eigenvalue weighted by Gasteiger charge is 2.19. The van der Waals surface area contributed by atoms with Crippen LogP contribution < -0.4 is 14.8 Å². The molecule has 0 radical (unpaired) electrons. The lowest BCUT2D eigenvalue weighted by atomic mass is 10.1. The average Bonchev–Trinajstić information content (AvgIpc) is 2.84. The molecule has 4 rings (SSSR count). The SMILES string of the molecule is COc1ccc(NC(=O)C(C)Sc2nnc(-c3ccc(F)cc3)c3ccccc23)cc1OC. The van der Waals surface area contributed by atoms with Gasteiger partial charge in [0.05, 0.1) is 19.5 Å². The minimum absolute atomic E-state index is 0.180. The number of methoxy groups -OCH3 is 2. The second-order valence-electron chi connectivity index (χ2n) is 7.23. The molecule has 0 aliphatic carbocycles. The summed E-state index contributed by atoms with van der Waals surface area (Å²) in [5.41, 5.74) is 2.04. The van der Waals surface area contributed by atoms with E-state index >= 15 is 0 Å². The molecule has 0 aliphatic rings. The van der Waals surface area contributed by atoms with E-state index in [9.17, 15) is 9.18 Å². The van der Waals surface area contributed by atoms with Gasteiger partial charge in [0.2, 0.25) is 5.91 Å². The number of thioether (sulfide) groups is 1. The van der Waals surface area contributed by atoms with E-state index in [2.05, 4.69) is 15.5 Å². The zero-order valence-electron chi connectivity index (χ0n) is 18.3. The number of carbonyl (C=O) groups excluding carboxylic acids is 1. The van der Waals surface area contributed by atoms with E-state index in [0.29, 0.717) is 27.9 Å². The molecule has 4 aromatic rings. The highest BCUT2D eigenvalue weighted by atomic mass is 32.2. The molecule has 0 saturated carbocycles. The Morgan fingerprint density at radius 2 is 1.64 bits per heavy atom. The Morgan fingerprint density at radius 1 is 0.939 bits per heavy atom. The zero-order valence-corrected chi connectivity index (χ0v) is 19.2. The lowest BCUT2D eigenvalue weighted by Gasteiger charge is -2.15. The number of amides is 1. The molecular formula is C25H22FN3O3S. The van der Waals surface area contributed by atoms with Gasteiger partial charge in [0.15, 0.2) is 11.5 Å². The predicted octanol–water partition coefficient (Wildman–Crippen LogP) is 5.57. The Morgan fingerprint density at radius 3 is 2.33 bits per heavy atom. The number of halogens is 1. The third-order valence-electron chi connectivity index (χ3n) is 5.08. The Bertz CT molecular complexity index is 1300. The maximum absolute atomic E-state index is 13.3. The third kappa shape index (κ3) is 4.90. The van der Waals surface area contributed by atoms with Crippen molar-refractivity contribution in [2.75, 3.05) is 19.5 Å². The molecule has 6 nitrogen and oxygen atoms in total. The van der Waals surface area contributed by atoms with Crippen LogP contribution in [-0.2, 0) is 4.79 Å². The zero-order chi connectivity index (χ0) is 23.4. The van der Waals surface area contributed by atoms with E-state index in [4.69, 9.17) is 9.47 Å². The number of ether oxygens (including phenoxy) is 2. The fourth-order valence-electron chi connectivity index (χ4n) is 3.37. The summed E-state index contributed by atoms with van der Waals surface area (Å²) < 4.78 is 23.9. The molecule has 0 fully saturated rings. The number of nitrogens with one attached hydrogen (secondary N) is 1. The molecule has 1 amide bonds. The van der Waals surface area contributed by atoms with Crippen LogP contribution in [0.3, 0.4) is 0 Å². The smallest absolute Gasteiger partial charge is 0.237 e. The Balaban J connectivity index is 1.57. The number of hydrogen-bond acceptors (Lipinski definition) is 6. The molecule has 1 atom stereocenters. The summed E-state index contributed by atoms with van der Waals surface area (Å²) in [5, 5.41) is 13.6. The minimum atomic E-state index is -0.438. The topological polar surface area (TPSA) is 73.3 Å². The summed E-state index contributed by atoms with van der Waals surface area (Å²) in [6.07, 6.45) is 0. The first kappa shape index (κ1) is 22.5. The highest BCUT2D eigenvalue weighted by molar-refractivity contribution is 8.00. The van der Waals surface area contributed by atoms with Crippen molar-refractivity contribution in [1.29, 1.82) is 0 Å². The Hall–Kier alpha value is -3.65. The highest BCUT2D eigenvalue weighted by Crippen LogP contribution is 2.34. The van der Waals surface area contributed by atoms with E-state index in [1.54, 1.807) is 44.6 Å². The standard InChI is InChI=1S/C25H22FN3O3S/c1-15(24(30)27-18-12-13-21(31-2)22(14-18)32-3)33-25-20-7-5-4-6-19(20)23(28-29-25)16-8-10-17(26)11-9-16/h4-15H,1-3H3,(H,27,30). The van der Waals surface area contributed by atoms with Crippen LogP contribution in [-0.4, -0.2) is 35.6 Å². The lowest BCUT2D eigenvalue weighted by molar-refractivity contribution is -0.115. The van der Waals surface area contributed by atoms with Crippen molar-refractivity contribution < 1.29 is 18.7 Å². The molecule has 8 heteroatoms. The van der Waals surface area contributed by atoms with E-state index in [1.807, 2.05) is 31.2 Å². The summed E-state index contributed by atoms with van der Waals surface area (Å²) in [4.78, 5) is 12.8. The maximum Gasteiger partial charge on any atom is 0.237 e. The van der Waals surface area contributed by atoms with Crippen molar-refractivity contribution in [3.63, 3.8) is 0 Å². The quantitative estimate of drug-likeness (QED) is 0.361. The summed E-state index contributed by atoms with van der Waals surface area (Å²) >= 11 is 1.32. The molecule has 0 bridgehead atoms. The predicted molar refractivity (Wildman–Crippen MR) is 128 cm³/mol. The van der Waals surface area contributed by atoms with Crippen LogP contribution in [0.4, 0.5) is 10.1 Å². The molecule has 3 aromatic carbocycles. The number of hydrogen-bond donors (Lipinski definition) is 1. The van der Waals surface area contributed by atoms with Crippen molar-refractivity contribution in [2.24, 2.45) is 0 Å². The number of aromatic nitrogens is 2. The minimum Gasteiger partial charge on any atom is -0.493 e. The van der Waals surface area contributed by atoms with Gasteiger partial charge in [-0.1, -0.05) is 36.0 Å². The summed E-state index contributed by atoms with van der Waals surface area (Å²) in [7, 11) is 3.10. The van der Waals surface area contributed by atoms with Crippen LogP contribution in [0.1, 0.15) is 6.92 Å². The number of nitrogens with zero attached hydrogens (tertiary/aromatic N) is 2. The second kappa shape index (κ2) is 9.87. The number of anilines is 1. The first-order chi connectivity index (χ1) is 16.0. The van der Waals surface area contributed by atoms with Gasteiger partial charge in [0, 0.05) is 28.1 Å². The fourth-order valence-corrected chi connectivity index (χ4v) is 4.26. The van der Waals surface area contributed by atoms with Crippen molar-refractivity contribution in [1.82, 2.24) is 10.2 Å². The van der Waals surface area contributed by atoms with Crippen molar-refractivity contribution >= 4 is 34.1 Å². The van der Waals surface area contributed by atoms with Crippen LogP contribution in [0.15, 0.2) is 71.8 Å². The van der Waals surface area contributed by atoms with Gasteiger partial charge >= 0.3 is 0 Å². The number of benzene rings is 3. The Labute approximate surface area is 195 Å². The van der Waals surface area contributed by atoms with Crippen LogP contribution in [0.5, 0.6) is 11.5 Å². The number of rotatable bonds is 7. The van der Waals surface area contributed by atoms with Crippen LogP contribution in [0.2, 0.25) is 0 Å². The summed E-state index contributed by atoms with van der Waals surface area (Å²) in [5.74, 6) is 0.628. The van der Waals surface area contributed by atoms with Gasteiger partial charge in [-0.05, 0) is 43.3 Å². The Kier molecular flexibility index (Phi) is 6.74. The summed E-state index contributed by atoms with van der Waals surface area (Å²) in [6, 6.07) is 19.1. The van der Waals surface area contributed by atoms with E-state index in [0.717, 1.165) is 16.3 Å². The molecule has 1 unspecified atom stereocenters. The van der Waals surface area contributed by atoms with E-state index in [-0.39, 0.29) is 11.7 Å². The van der Waals surface area contributed by atoms with E-state index < -0.39 is 5.25 Å². The van der Waals surface area contributed by atoms with Crippen LogP contribution in [0.25, 0.3) is 22.0 Å². The molecular weight excluding hydrogens is 441 g/mol. The van der Waals surface area contributed by atoms with Gasteiger partial charge in [-0.25, -0.2) is 4.39 Å². The van der Waals surface area contributed by atoms with Gasteiger partial charge in [-0.15, -0.1) is 10.2 Å². The van der Waals surface area contributed by atoms with Crippen molar-refractivity contribution in [2.45, 2.75) is 17.2 Å². The van der Waals surface area contributed by atoms with Crippen molar-refractivity contribution in [3.8, 4) is 22.8 Å². The third-order valence-corrected chi connectivity index (χ3v) is 6.17. The van der Waals surface area contributed by atoms with Gasteiger partial charge in [-0.2, -0.15) is 0 Å². The summed E-state index contributed by atoms with van der Waals surface area (Å²) in [6.45, 7) is 1.81. The molecule has 0 spiro atoms. The van der Waals surface area contributed by atoms with Gasteiger partial charge < -0.3 is 14.8 Å². The van der Waals surface area contributed by atoms with Gasteiger partial charge in [0.25, 0.3) is 0 Å².